The Hall–Kier alpha value is -1.80. The van der Waals surface area contributed by atoms with Crippen LogP contribution in [0.5, 0.6) is 0 Å². The van der Waals surface area contributed by atoms with Crippen molar-refractivity contribution in [1.82, 2.24) is 0 Å². The molecule has 0 heterocycles. The van der Waals surface area contributed by atoms with Gasteiger partial charge in [-0.25, -0.2) is 0 Å². The summed E-state index contributed by atoms with van der Waals surface area (Å²) in [6, 6.07) is 14.3. The number of rotatable bonds is 4. The van der Waals surface area contributed by atoms with E-state index in [1.807, 2.05) is 32.0 Å². The zero-order valence-electron chi connectivity index (χ0n) is 12.7. The number of halogens is 1. The minimum Gasteiger partial charge on any atom is -0.307 e. The highest BCUT2D eigenvalue weighted by Gasteiger charge is 2.17. The highest BCUT2D eigenvalue weighted by molar-refractivity contribution is 6.29. The fourth-order valence-electron chi connectivity index (χ4n) is 2.27. The van der Waals surface area contributed by atoms with E-state index in [1.54, 1.807) is 4.90 Å². The first-order valence-electron chi connectivity index (χ1n) is 7.00. The highest BCUT2D eigenvalue weighted by Crippen LogP contribution is 2.24. The van der Waals surface area contributed by atoms with Crippen LogP contribution < -0.4 is 4.90 Å². The van der Waals surface area contributed by atoms with Crippen molar-refractivity contribution < 1.29 is 4.79 Å². The number of carbonyl (C=O) groups excluding carboxylic acids is 1. The zero-order chi connectivity index (χ0) is 15.4. The molecule has 0 saturated carbocycles. The predicted molar refractivity (Wildman–Crippen MR) is 89.0 cm³/mol. The molecule has 21 heavy (non-hydrogen) atoms. The smallest absolute Gasteiger partial charge is 0.242 e. The Morgan fingerprint density at radius 3 is 2.24 bits per heavy atom. The summed E-state index contributed by atoms with van der Waals surface area (Å²) in [5.41, 5.74) is 5.44. The quantitative estimate of drug-likeness (QED) is 0.767. The van der Waals surface area contributed by atoms with E-state index in [2.05, 4.69) is 31.2 Å². The second-order valence-corrected chi connectivity index (χ2v) is 5.66. The number of amides is 1. The fourth-order valence-corrected chi connectivity index (χ4v) is 2.41. The molecule has 0 saturated heterocycles. The Bertz CT molecular complexity index is 634. The molecule has 0 spiro atoms. The van der Waals surface area contributed by atoms with Crippen molar-refractivity contribution >= 4 is 23.2 Å². The van der Waals surface area contributed by atoms with Crippen molar-refractivity contribution in [3.05, 3.63) is 64.7 Å². The lowest BCUT2D eigenvalue weighted by atomic mass is 10.1. The third-order valence-electron chi connectivity index (χ3n) is 3.53. The molecular weight excluding hydrogens is 282 g/mol. The number of hydrogen-bond acceptors (Lipinski definition) is 1. The van der Waals surface area contributed by atoms with Crippen molar-refractivity contribution in [2.45, 2.75) is 27.3 Å². The fraction of sp³-hybridized carbons (Fsp3) is 0.278. The molecule has 0 radical (unpaired) electrons. The van der Waals surface area contributed by atoms with Gasteiger partial charge in [0.25, 0.3) is 0 Å². The van der Waals surface area contributed by atoms with Gasteiger partial charge in [0.1, 0.15) is 5.88 Å². The van der Waals surface area contributed by atoms with Gasteiger partial charge in [0.05, 0.1) is 6.54 Å². The van der Waals surface area contributed by atoms with Gasteiger partial charge in [-0.2, -0.15) is 0 Å². The van der Waals surface area contributed by atoms with Crippen LogP contribution in [0.2, 0.25) is 0 Å². The Morgan fingerprint density at radius 2 is 1.62 bits per heavy atom. The van der Waals surface area contributed by atoms with Crippen LogP contribution >= 0.6 is 11.6 Å². The van der Waals surface area contributed by atoms with Gasteiger partial charge in [0.2, 0.25) is 5.91 Å². The molecule has 0 aliphatic carbocycles. The van der Waals surface area contributed by atoms with Crippen LogP contribution in [0.15, 0.2) is 42.5 Å². The molecule has 0 unspecified atom stereocenters. The number of aryl methyl sites for hydroxylation is 3. The van der Waals surface area contributed by atoms with Crippen LogP contribution in [0.3, 0.4) is 0 Å². The third kappa shape index (κ3) is 3.85. The van der Waals surface area contributed by atoms with E-state index in [1.165, 1.54) is 5.56 Å². The van der Waals surface area contributed by atoms with Crippen LogP contribution in [0.25, 0.3) is 0 Å². The van der Waals surface area contributed by atoms with Crippen LogP contribution in [0.4, 0.5) is 5.69 Å². The topological polar surface area (TPSA) is 20.3 Å². The molecule has 0 aliphatic heterocycles. The van der Waals surface area contributed by atoms with E-state index in [-0.39, 0.29) is 11.8 Å². The largest absolute Gasteiger partial charge is 0.307 e. The molecule has 0 bridgehead atoms. The summed E-state index contributed by atoms with van der Waals surface area (Å²) in [6.07, 6.45) is 0. The molecule has 0 aliphatic rings. The number of anilines is 1. The van der Waals surface area contributed by atoms with Crippen molar-refractivity contribution in [2.75, 3.05) is 10.8 Å². The first kappa shape index (κ1) is 15.6. The van der Waals surface area contributed by atoms with E-state index in [0.717, 1.165) is 22.4 Å². The molecular formula is C18H20ClNO. The van der Waals surface area contributed by atoms with E-state index in [9.17, 15) is 4.79 Å². The number of hydrogen-bond donors (Lipinski definition) is 0. The molecule has 110 valence electrons. The molecule has 2 aromatic carbocycles. The molecule has 1 amide bonds. The lowest BCUT2D eigenvalue weighted by Gasteiger charge is -2.24. The molecule has 0 aromatic heterocycles. The average Bonchev–Trinajstić information content (AvgIpc) is 2.48. The maximum absolute atomic E-state index is 12.2. The predicted octanol–water partition coefficient (Wildman–Crippen LogP) is 4.38. The molecule has 2 aromatic rings. The second-order valence-electron chi connectivity index (χ2n) is 5.39. The first-order chi connectivity index (χ1) is 10.0. The number of benzene rings is 2. The summed E-state index contributed by atoms with van der Waals surface area (Å²) in [5.74, 6) is -0.0925. The normalized spacial score (nSPS) is 10.5. The molecule has 0 fully saturated rings. The Kier molecular flexibility index (Phi) is 5.03. The molecule has 2 nitrogen and oxygen atoms in total. The van der Waals surface area contributed by atoms with Crippen molar-refractivity contribution in [3.63, 3.8) is 0 Å². The summed E-state index contributed by atoms with van der Waals surface area (Å²) in [5, 5.41) is 0. The van der Waals surface area contributed by atoms with Gasteiger partial charge < -0.3 is 4.90 Å². The second kappa shape index (κ2) is 6.77. The van der Waals surface area contributed by atoms with Crippen molar-refractivity contribution in [1.29, 1.82) is 0 Å². The van der Waals surface area contributed by atoms with Crippen LogP contribution in [0.1, 0.15) is 22.3 Å². The third-order valence-corrected chi connectivity index (χ3v) is 3.76. The van der Waals surface area contributed by atoms with Gasteiger partial charge in [-0.3, -0.25) is 4.79 Å². The summed E-state index contributed by atoms with van der Waals surface area (Å²) in [4.78, 5) is 14.0. The molecule has 2 rings (SSSR count). The maximum atomic E-state index is 12.2. The van der Waals surface area contributed by atoms with Gasteiger partial charge in [-0.15, -0.1) is 11.6 Å². The number of alkyl halides is 1. The highest BCUT2D eigenvalue weighted by atomic mass is 35.5. The summed E-state index contributed by atoms with van der Waals surface area (Å²) >= 11 is 5.79. The molecule has 3 heteroatoms. The zero-order valence-corrected chi connectivity index (χ0v) is 13.4. The van der Waals surface area contributed by atoms with Gasteiger partial charge in [-0.05, 0) is 43.5 Å². The van der Waals surface area contributed by atoms with Crippen molar-refractivity contribution in [2.24, 2.45) is 0 Å². The first-order valence-corrected chi connectivity index (χ1v) is 7.54. The Labute approximate surface area is 131 Å². The van der Waals surface area contributed by atoms with Gasteiger partial charge >= 0.3 is 0 Å². The van der Waals surface area contributed by atoms with E-state index in [4.69, 9.17) is 11.6 Å². The van der Waals surface area contributed by atoms with Gasteiger partial charge in [-0.1, -0.05) is 42.0 Å². The Balaban J connectivity index is 2.36. The maximum Gasteiger partial charge on any atom is 0.242 e. The van der Waals surface area contributed by atoms with Crippen LogP contribution in [0, 0.1) is 20.8 Å². The van der Waals surface area contributed by atoms with Crippen LogP contribution in [-0.2, 0) is 11.3 Å². The average molecular weight is 302 g/mol. The lowest BCUT2D eigenvalue weighted by Crippen LogP contribution is -2.32. The summed E-state index contributed by atoms with van der Waals surface area (Å²) in [7, 11) is 0. The Morgan fingerprint density at radius 1 is 1.00 bits per heavy atom. The summed E-state index contributed by atoms with van der Waals surface area (Å²) < 4.78 is 0. The number of carbonyl (C=O) groups is 1. The minimum atomic E-state index is -0.0778. The minimum absolute atomic E-state index is 0.0146. The van der Waals surface area contributed by atoms with E-state index < -0.39 is 0 Å². The lowest BCUT2D eigenvalue weighted by molar-refractivity contribution is -0.116. The number of nitrogens with zero attached hydrogens (tertiary/aromatic N) is 1. The standard InChI is InChI=1S/C18H20ClNO/c1-13-5-8-16(9-6-13)12-20(18(21)11-19)17-10-14(2)4-7-15(17)3/h4-10H,11-12H2,1-3H3. The van der Waals surface area contributed by atoms with E-state index in [0.29, 0.717) is 6.54 Å². The van der Waals surface area contributed by atoms with Gasteiger partial charge in [0.15, 0.2) is 0 Å². The van der Waals surface area contributed by atoms with Crippen LogP contribution in [-0.4, -0.2) is 11.8 Å². The van der Waals surface area contributed by atoms with Gasteiger partial charge in [0, 0.05) is 5.69 Å². The summed E-state index contributed by atoms with van der Waals surface area (Å²) in [6.45, 7) is 6.63. The molecule has 0 N–H and O–H groups in total. The SMILES string of the molecule is Cc1ccc(CN(C(=O)CCl)c2cc(C)ccc2C)cc1. The molecule has 0 atom stereocenters. The monoisotopic (exact) mass is 301 g/mol. The van der Waals surface area contributed by atoms with E-state index >= 15 is 0 Å². The van der Waals surface area contributed by atoms with Crippen molar-refractivity contribution in [3.8, 4) is 0 Å².